The molecule has 1 aromatic heterocycles. The first-order chi connectivity index (χ1) is 10.0. The number of benzene rings is 1. The lowest BCUT2D eigenvalue weighted by Crippen LogP contribution is -2.39. The van der Waals surface area contributed by atoms with Gasteiger partial charge in [0.1, 0.15) is 11.2 Å². The van der Waals surface area contributed by atoms with E-state index >= 15 is 0 Å². The minimum absolute atomic E-state index is 0.218. The first kappa shape index (κ1) is 15.8. The molecule has 0 aliphatic carbocycles. The number of carbonyl (C=O) groups excluding carboxylic acids is 1. The van der Waals surface area contributed by atoms with Crippen LogP contribution in [0.4, 0.5) is 0 Å². The molecule has 0 spiro atoms. The van der Waals surface area contributed by atoms with Crippen molar-refractivity contribution in [2.24, 2.45) is 7.05 Å². The van der Waals surface area contributed by atoms with Crippen LogP contribution >= 0.6 is 11.6 Å². The van der Waals surface area contributed by atoms with Crippen molar-refractivity contribution < 1.29 is 9.53 Å². The Kier molecular flexibility index (Phi) is 4.57. The molecule has 21 heavy (non-hydrogen) atoms. The Morgan fingerprint density at radius 2 is 2.00 bits per heavy atom. The van der Waals surface area contributed by atoms with Crippen LogP contribution in [0.3, 0.4) is 0 Å². The SMILES string of the molecule is CCOC(=O)C(CC)(CC)c1nc2cccc(Cl)c2n1C. The number of rotatable bonds is 5. The third-order valence-electron chi connectivity index (χ3n) is 4.15. The van der Waals surface area contributed by atoms with E-state index in [1.54, 1.807) is 0 Å². The number of aryl methyl sites for hydroxylation is 1. The van der Waals surface area contributed by atoms with Crippen molar-refractivity contribution >= 4 is 28.6 Å². The smallest absolute Gasteiger partial charge is 0.319 e. The van der Waals surface area contributed by atoms with Crippen molar-refractivity contribution in [2.75, 3.05) is 6.61 Å². The molecule has 0 aliphatic rings. The number of para-hydroxylation sites is 1. The predicted molar refractivity (Wildman–Crippen MR) is 84.6 cm³/mol. The highest BCUT2D eigenvalue weighted by Crippen LogP contribution is 2.35. The number of aromatic nitrogens is 2. The second kappa shape index (κ2) is 6.06. The van der Waals surface area contributed by atoms with Crippen LogP contribution in [0, 0.1) is 0 Å². The molecule has 0 unspecified atom stereocenters. The molecule has 1 heterocycles. The molecule has 4 nitrogen and oxygen atoms in total. The van der Waals surface area contributed by atoms with E-state index < -0.39 is 5.41 Å². The zero-order chi connectivity index (χ0) is 15.6. The van der Waals surface area contributed by atoms with Gasteiger partial charge in [0.05, 0.1) is 22.7 Å². The van der Waals surface area contributed by atoms with Crippen LogP contribution in [-0.4, -0.2) is 22.1 Å². The summed E-state index contributed by atoms with van der Waals surface area (Å²) in [7, 11) is 1.90. The summed E-state index contributed by atoms with van der Waals surface area (Å²) in [4.78, 5) is 17.2. The van der Waals surface area contributed by atoms with E-state index in [1.807, 2.05) is 50.6 Å². The lowest BCUT2D eigenvalue weighted by atomic mass is 9.81. The summed E-state index contributed by atoms with van der Waals surface area (Å²) in [5, 5.41) is 0.638. The number of imidazole rings is 1. The molecule has 0 saturated carbocycles. The van der Waals surface area contributed by atoms with Crippen LogP contribution in [-0.2, 0) is 22.0 Å². The van der Waals surface area contributed by atoms with Gasteiger partial charge in [0.15, 0.2) is 0 Å². The van der Waals surface area contributed by atoms with Gasteiger partial charge in [-0.25, -0.2) is 4.98 Å². The summed E-state index contributed by atoms with van der Waals surface area (Å²) in [5.41, 5.74) is 0.924. The molecule has 2 aromatic rings. The van der Waals surface area contributed by atoms with Crippen molar-refractivity contribution in [3.63, 3.8) is 0 Å². The Morgan fingerprint density at radius 3 is 2.52 bits per heavy atom. The maximum Gasteiger partial charge on any atom is 0.319 e. The van der Waals surface area contributed by atoms with E-state index in [4.69, 9.17) is 16.3 Å². The lowest BCUT2D eigenvalue weighted by Gasteiger charge is -2.28. The van der Waals surface area contributed by atoms with Gasteiger partial charge in [-0.05, 0) is 31.9 Å². The van der Waals surface area contributed by atoms with Crippen molar-refractivity contribution in [3.8, 4) is 0 Å². The van der Waals surface area contributed by atoms with Gasteiger partial charge in [0, 0.05) is 7.05 Å². The zero-order valence-electron chi connectivity index (χ0n) is 12.9. The molecule has 0 aliphatic heterocycles. The minimum Gasteiger partial charge on any atom is -0.465 e. The Bertz CT molecular complexity index is 660. The molecular weight excluding hydrogens is 288 g/mol. The van der Waals surface area contributed by atoms with Crippen LogP contribution in [0.1, 0.15) is 39.4 Å². The van der Waals surface area contributed by atoms with Crippen LogP contribution in [0.15, 0.2) is 18.2 Å². The van der Waals surface area contributed by atoms with Crippen molar-refractivity contribution in [3.05, 3.63) is 29.0 Å². The van der Waals surface area contributed by atoms with Crippen LogP contribution in [0.25, 0.3) is 11.0 Å². The molecule has 2 rings (SSSR count). The molecule has 0 fully saturated rings. The third-order valence-corrected chi connectivity index (χ3v) is 4.45. The highest BCUT2D eigenvalue weighted by Gasteiger charge is 2.42. The Hall–Kier alpha value is -1.55. The predicted octanol–water partition coefficient (Wildman–Crippen LogP) is 3.85. The van der Waals surface area contributed by atoms with E-state index in [0.29, 0.717) is 30.3 Å². The number of hydrogen-bond donors (Lipinski definition) is 0. The van der Waals surface area contributed by atoms with Gasteiger partial charge < -0.3 is 9.30 Å². The van der Waals surface area contributed by atoms with Gasteiger partial charge in [-0.3, -0.25) is 4.79 Å². The number of halogens is 1. The number of esters is 1. The summed E-state index contributed by atoms with van der Waals surface area (Å²) >= 11 is 6.28. The number of carbonyl (C=O) groups is 1. The fourth-order valence-electron chi connectivity index (χ4n) is 2.86. The maximum atomic E-state index is 12.5. The number of hydrogen-bond acceptors (Lipinski definition) is 3. The fourth-order valence-corrected chi connectivity index (χ4v) is 3.16. The maximum absolute atomic E-state index is 12.5. The number of fused-ring (bicyclic) bond motifs is 1. The molecule has 0 bridgehead atoms. The summed E-state index contributed by atoms with van der Waals surface area (Å²) in [6.07, 6.45) is 1.27. The molecule has 0 N–H and O–H groups in total. The number of nitrogens with zero attached hydrogens (tertiary/aromatic N) is 2. The van der Waals surface area contributed by atoms with Gasteiger partial charge in [-0.2, -0.15) is 0 Å². The second-order valence-corrected chi connectivity index (χ2v) is 5.52. The van der Waals surface area contributed by atoms with Crippen LogP contribution < -0.4 is 0 Å². The largest absolute Gasteiger partial charge is 0.465 e. The topological polar surface area (TPSA) is 44.1 Å². The average molecular weight is 309 g/mol. The molecule has 0 radical (unpaired) electrons. The van der Waals surface area contributed by atoms with Crippen molar-refractivity contribution in [1.82, 2.24) is 9.55 Å². The molecule has 0 amide bonds. The summed E-state index contributed by atoms with van der Waals surface area (Å²) in [6, 6.07) is 5.61. The van der Waals surface area contributed by atoms with E-state index in [-0.39, 0.29) is 5.97 Å². The summed E-state index contributed by atoms with van der Waals surface area (Å²) in [5.74, 6) is 0.499. The Labute approximate surface area is 130 Å². The van der Waals surface area contributed by atoms with Gasteiger partial charge >= 0.3 is 5.97 Å². The van der Waals surface area contributed by atoms with E-state index in [0.717, 1.165) is 11.0 Å². The van der Waals surface area contributed by atoms with Gasteiger partial charge in [0.25, 0.3) is 0 Å². The normalized spacial score (nSPS) is 11.9. The second-order valence-electron chi connectivity index (χ2n) is 5.11. The first-order valence-corrected chi connectivity index (χ1v) is 7.68. The van der Waals surface area contributed by atoms with Crippen molar-refractivity contribution in [1.29, 1.82) is 0 Å². The molecule has 0 saturated heterocycles. The summed E-state index contributed by atoms with van der Waals surface area (Å²) in [6.45, 7) is 6.16. The minimum atomic E-state index is -0.729. The van der Waals surface area contributed by atoms with E-state index in [2.05, 4.69) is 4.98 Å². The quantitative estimate of drug-likeness (QED) is 0.788. The van der Waals surface area contributed by atoms with Crippen LogP contribution in [0.2, 0.25) is 5.02 Å². The van der Waals surface area contributed by atoms with E-state index in [9.17, 15) is 4.79 Å². The van der Waals surface area contributed by atoms with Gasteiger partial charge in [0.2, 0.25) is 0 Å². The molecule has 0 atom stereocenters. The lowest BCUT2D eigenvalue weighted by molar-refractivity contribution is -0.151. The highest BCUT2D eigenvalue weighted by atomic mass is 35.5. The Morgan fingerprint density at radius 1 is 1.33 bits per heavy atom. The fraction of sp³-hybridized carbons (Fsp3) is 0.500. The third kappa shape index (κ3) is 2.42. The number of ether oxygens (including phenoxy) is 1. The first-order valence-electron chi connectivity index (χ1n) is 7.30. The highest BCUT2D eigenvalue weighted by molar-refractivity contribution is 6.35. The monoisotopic (exact) mass is 308 g/mol. The average Bonchev–Trinajstić information content (AvgIpc) is 2.81. The molecule has 5 heteroatoms. The molecule has 114 valence electrons. The summed E-state index contributed by atoms with van der Waals surface area (Å²) < 4.78 is 7.22. The van der Waals surface area contributed by atoms with Gasteiger partial charge in [-0.15, -0.1) is 0 Å². The van der Waals surface area contributed by atoms with Crippen molar-refractivity contribution in [2.45, 2.75) is 39.0 Å². The van der Waals surface area contributed by atoms with Crippen LogP contribution in [0.5, 0.6) is 0 Å². The zero-order valence-corrected chi connectivity index (χ0v) is 13.7. The van der Waals surface area contributed by atoms with E-state index in [1.165, 1.54) is 0 Å². The molecular formula is C16H21ClN2O2. The van der Waals surface area contributed by atoms with Gasteiger partial charge in [-0.1, -0.05) is 31.5 Å². The standard InChI is InChI=1S/C16H21ClN2O2/c1-5-16(6-2,15(20)21-7-3)14-18-12-10-8-9-11(17)13(12)19(14)4/h8-10H,5-7H2,1-4H3. The Balaban J connectivity index is 2.69. The molecule has 1 aromatic carbocycles.